The highest BCUT2D eigenvalue weighted by Gasteiger charge is 2.16. The van der Waals surface area contributed by atoms with E-state index >= 15 is 0 Å². The lowest BCUT2D eigenvalue weighted by Gasteiger charge is -2.13. The van der Waals surface area contributed by atoms with Gasteiger partial charge >= 0.3 is 0 Å². The lowest BCUT2D eigenvalue weighted by atomic mass is 10.2. The minimum Gasteiger partial charge on any atom is -0.490 e. The molecule has 1 heterocycles. The molecule has 1 N–H and O–H groups in total. The minimum atomic E-state index is 0.379. The molecule has 2 aromatic rings. The number of nitrogens with zero attached hydrogens (tertiary/aromatic N) is 2. The first-order valence-corrected chi connectivity index (χ1v) is 7.23. The third-order valence-electron chi connectivity index (χ3n) is 3.62. The molecular formula is C17H17N3O. The molecule has 1 saturated carbocycles. The Morgan fingerprint density at radius 1 is 1.10 bits per heavy atom. The standard InChI is InChI=1S/C17H17N3O/c18-11-13-5-10-17(19-12-13)20-14-6-8-16(9-7-14)21-15-3-1-2-4-15/h5-10,12,15H,1-4H2,(H,19,20). The summed E-state index contributed by atoms with van der Waals surface area (Å²) in [6.45, 7) is 0. The number of pyridine rings is 1. The van der Waals surface area contributed by atoms with Gasteiger partial charge in [0.15, 0.2) is 0 Å². The maximum atomic E-state index is 8.74. The summed E-state index contributed by atoms with van der Waals surface area (Å²) in [5.41, 5.74) is 1.51. The smallest absolute Gasteiger partial charge is 0.130 e. The summed E-state index contributed by atoms with van der Waals surface area (Å²) in [7, 11) is 0. The van der Waals surface area contributed by atoms with Crippen molar-refractivity contribution in [3.63, 3.8) is 0 Å². The monoisotopic (exact) mass is 279 g/mol. The molecule has 1 aromatic carbocycles. The molecule has 4 heteroatoms. The highest BCUT2D eigenvalue weighted by molar-refractivity contribution is 5.57. The SMILES string of the molecule is N#Cc1ccc(Nc2ccc(OC3CCCC3)cc2)nc1. The zero-order valence-electron chi connectivity index (χ0n) is 11.7. The van der Waals surface area contributed by atoms with Gasteiger partial charge in [-0.2, -0.15) is 5.26 Å². The number of hydrogen-bond acceptors (Lipinski definition) is 4. The van der Waals surface area contributed by atoms with E-state index in [1.165, 1.54) is 12.8 Å². The number of hydrogen-bond donors (Lipinski definition) is 1. The van der Waals surface area contributed by atoms with Crippen molar-refractivity contribution in [2.24, 2.45) is 0 Å². The molecule has 0 radical (unpaired) electrons. The normalized spacial score (nSPS) is 14.6. The van der Waals surface area contributed by atoms with Crippen LogP contribution in [0.4, 0.5) is 11.5 Å². The van der Waals surface area contributed by atoms with E-state index in [9.17, 15) is 0 Å². The van der Waals surface area contributed by atoms with Gasteiger partial charge in [0.05, 0.1) is 11.7 Å². The van der Waals surface area contributed by atoms with Gasteiger partial charge in [0.25, 0.3) is 0 Å². The molecule has 0 atom stereocenters. The molecule has 1 fully saturated rings. The molecule has 0 spiro atoms. The summed E-state index contributed by atoms with van der Waals surface area (Å²) in [6.07, 6.45) is 6.80. The Morgan fingerprint density at radius 3 is 2.48 bits per heavy atom. The number of benzene rings is 1. The fourth-order valence-corrected chi connectivity index (χ4v) is 2.50. The Kier molecular flexibility index (Phi) is 4.02. The van der Waals surface area contributed by atoms with Crippen LogP contribution in [0.1, 0.15) is 31.2 Å². The number of rotatable bonds is 4. The van der Waals surface area contributed by atoms with Crippen molar-refractivity contribution in [2.75, 3.05) is 5.32 Å². The molecule has 1 aromatic heterocycles. The Balaban J connectivity index is 1.62. The van der Waals surface area contributed by atoms with Gasteiger partial charge in [-0.05, 0) is 62.1 Å². The van der Waals surface area contributed by atoms with Crippen molar-refractivity contribution in [1.82, 2.24) is 4.98 Å². The van der Waals surface area contributed by atoms with Gasteiger partial charge in [-0.25, -0.2) is 4.98 Å². The molecule has 21 heavy (non-hydrogen) atoms. The molecule has 106 valence electrons. The Morgan fingerprint density at radius 2 is 1.86 bits per heavy atom. The molecule has 0 aliphatic heterocycles. The van der Waals surface area contributed by atoms with Gasteiger partial charge in [0.1, 0.15) is 17.6 Å². The largest absolute Gasteiger partial charge is 0.490 e. The van der Waals surface area contributed by atoms with Crippen molar-refractivity contribution in [1.29, 1.82) is 5.26 Å². The Labute approximate surface area is 124 Å². The van der Waals surface area contributed by atoms with Gasteiger partial charge < -0.3 is 10.1 Å². The van der Waals surface area contributed by atoms with Crippen molar-refractivity contribution in [2.45, 2.75) is 31.8 Å². The van der Waals surface area contributed by atoms with E-state index in [0.717, 1.165) is 30.1 Å². The molecule has 3 rings (SSSR count). The lowest BCUT2D eigenvalue weighted by Crippen LogP contribution is -2.10. The van der Waals surface area contributed by atoms with Crippen LogP contribution in [0, 0.1) is 11.3 Å². The van der Waals surface area contributed by atoms with Crippen LogP contribution in [0.2, 0.25) is 0 Å². The van der Waals surface area contributed by atoms with Crippen molar-refractivity contribution in [3.05, 3.63) is 48.2 Å². The summed E-state index contributed by atoms with van der Waals surface area (Å²) in [5, 5.41) is 11.9. The summed E-state index contributed by atoms with van der Waals surface area (Å²) in [4.78, 5) is 4.19. The number of nitrogens with one attached hydrogen (secondary N) is 1. The first-order valence-electron chi connectivity index (χ1n) is 7.23. The fourth-order valence-electron chi connectivity index (χ4n) is 2.50. The van der Waals surface area contributed by atoms with Crippen LogP contribution in [0.15, 0.2) is 42.6 Å². The van der Waals surface area contributed by atoms with E-state index in [2.05, 4.69) is 16.4 Å². The third-order valence-corrected chi connectivity index (χ3v) is 3.62. The van der Waals surface area contributed by atoms with E-state index in [1.807, 2.05) is 24.3 Å². The van der Waals surface area contributed by atoms with E-state index < -0.39 is 0 Å². The van der Waals surface area contributed by atoms with Crippen LogP contribution in [0.5, 0.6) is 5.75 Å². The number of aromatic nitrogens is 1. The maximum absolute atomic E-state index is 8.74. The van der Waals surface area contributed by atoms with Crippen LogP contribution in [0.3, 0.4) is 0 Å². The predicted octanol–water partition coefficient (Wildman–Crippen LogP) is 4.02. The second-order valence-electron chi connectivity index (χ2n) is 5.22. The molecule has 4 nitrogen and oxygen atoms in total. The maximum Gasteiger partial charge on any atom is 0.130 e. The van der Waals surface area contributed by atoms with Crippen molar-refractivity contribution < 1.29 is 4.74 Å². The lowest BCUT2D eigenvalue weighted by molar-refractivity contribution is 0.210. The average molecular weight is 279 g/mol. The van der Waals surface area contributed by atoms with Gasteiger partial charge in [-0.1, -0.05) is 0 Å². The quantitative estimate of drug-likeness (QED) is 0.918. The predicted molar refractivity (Wildman–Crippen MR) is 81.6 cm³/mol. The zero-order chi connectivity index (χ0) is 14.5. The van der Waals surface area contributed by atoms with Crippen LogP contribution < -0.4 is 10.1 Å². The molecule has 0 bridgehead atoms. The van der Waals surface area contributed by atoms with E-state index in [4.69, 9.17) is 10.00 Å². The fraction of sp³-hybridized carbons (Fsp3) is 0.294. The van der Waals surface area contributed by atoms with Crippen molar-refractivity contribution in [3.8, 4) is 11.8 Å². The first kappa shape index (κ1) is 13.4. The Hall–Kier alpha value is -2.54. The molecule has 0 amide bonds. The van der Waals surface area contributed by atoms with Crippen LogP contribution >= 0.6 is 0 Å². The summed E-state index contributed by atoms with van der Waals surface area (Å²) in [6, 6.07) is 13.5. The Bertz CT molecular complexity index is 623. The van der Waals surface area contributed by atoms with Crippen LogP contribution in [-0.4, -0.2) is 11.1 Å². The second kappa shape index (κ2) is 6.27. The van der Waals surface area contributed by atoms with Crippen LogP contribution in [-0.2, 0) is 0 Å². The van der Waals surface area contributed by atoms with Gasteiger partial charge in [0.2, 0.25) is 0 Å². The molecule has 0 saturated heterocycles. The molecule has 1 aliphatic carbocycles. The first-order chi connectivity index (χ1) is 10.3. The summed E-state index contributed by atoms with van der Waals surface area (Å²) >= 11 is 0. The zero-order valence-corrected chi connectivity index (χ0v) is 11.7. The highest BCUT2D eigenvalue weighted by Crippen LogP contribution is 2.25. The second-order valence-corrected chi connectivity index (χ2v) is 5.22. The van der Waals surface area contributed by atoms with E-state index in [1.54, 1.807) is 18.3 Å². The third kappa shape index (κ3) is 3.51. The van der Waals surface area contributed by atoms with Gasteiger partial charge in [-0.15, -0.1) is 0 Å². The van der Waals surface area contributed by atoms with E-state index in [-0.39, 0.29) is 0 Å². The number of ether oxygens (including phenoxy) is 1. The van der Waals surface area contributed by atoms with Gasteiger partial charge in [-0.3, -0.25) is 0 Å². The molecular weight excluding hydrogens is 262 g/mol. The average Bonchev–Trinajstić information content (AvgIpc) is 3.03. The molecule has 0 unspecified atom stereocenters. The van der Waals surface area contributed by atoms with Crippen molar-refractivity contribution >= 4 is 11.5 Å². The number of nitriles is 1. The van der Waals surface area contributed by atoms with Crippen LogP contribution in [0.25, 0.3) is 0 Å². The topological polar surface area (TPSA) is 57.9 Å². The molecule has 1 aliphatic rings. The van der Waals surface area contributed by atoms with Gasteiger partial charge in [0, 0.05) is 11.9 Å². The number of anilines is 2. The summed E-state index contributed by atoms with van der Waals surface area (Å²) in [5.74, 6) is 1.64. The van der Waals surface area contributed by atoms with E-state index in [0.29, 0.717) is 11.7 Å². The highest BCUT2D eigenvalue weighted by atomic mass is 16.5. The summed E-state index contributed by atoms with van der Waals surface area (Å²) < 4.78 is 5.93. The minimum absolute atomic E-state index is 0.379.